The molecule has 0 amide bonds. The minimum Gasteiger partial charge on any atom is -0.395 e. The average Bonchev–Trinajstić information content (AvgIpc) is 2.28. The van der Waals surface area contributed by atoms with Crippen LogP contribution in [-0.4, -0.2) is 34.3 Å². The third-order valence-electron chi connectivity index (χ3n) is 3.06. The van der Waals surface area contributed by atoms with Gasteiger partial charge in [-0.15, -0.1) is 0 Å². The number of aliphatic hydroxyl groups is 1. The molecule has 0 aliphatic heterocycles. The van der Waals surface area contributed by atoms with Crippen LogP contribution >= 0.6 is 0 Å². The van der Waals surface area contributed by atoms with Gasteiger partial charge in [0.05, 0.1) is 6.61 Å². The van der Waals surface area contributed by atoms with Gasteiger partial charge < -0.3 is 15.7 Å². The summed E-state index contributed by atoms with van der Waals surface area (Å²) in [6, 6.07) is 0.243. The number of hydrogen-bond donors (Lipinski definition) is 2. The molecule has 1 rings (SSSR count). The smallest absolute Gasteiger partial charge is 0.138 e. The SMILES string of the molecule is Cc1c(N)nc(C(C)(C)C)nc1N(CCO)C(C)C. The second-order valence-corrected chi connectivity index (χ2v) is 6.14. The summed E-state index contributed by atoms with van der Waals surface area (Å²) in [5.41, 5.74) is 6.73. The lowest BCUT2D eigenvalue weighted by molar-refractivity contribution is 0.298. The van der Waals surface area contributed by atoms with Gasteiger partial charge >= 0.3 is 0 Å². The van der Waals surface area contributed by atoms with Gasteiger partial charge in [-0.05, 0) is 20.8 Å². The zero-order chi connectivity index (χ0) is 14.8. The molecule has 0 radical (unpaired) electrons. The molecule has 3 N–H and O–H groups in total. The quantitative estimate of drug-likeness (QED) is 0.870. The van der Waals surface area contributed by atoms with E-state index in [-0.39, 0.29) is 18.1 Å². The Labute approximate surface area is 115 Å². The molecule has 0 spiro atoms. The molecular formula is C14H26N4O. The number of nitrogen functional groups attached to an aromatic ring is 1. The fraction of sp³-hybridized carbons (Fsp3) is 0.714. The van der Waals surface area contributed by atoms with Gasteiger partial charge in [0.25, 0.3) is 0 Å². The second kappa shape index (κ2) is 5.74. The number of anilines is 2. The lowest BCUT2D eigenvalue weighted by atomic mass is 9.95. The van der Waals surface area contributed by atoms with E-state index in [0.717, 1.165) is 17.2 Å². The molecule has 19 heavy (non-hydrogen) atoms. The van der Waals surface area contributed by atoms with Gasteiger partial charge in [-0.3, -0.25) is 0 Å². The van der Waals surface area contributed by atoms with Crippen LogP contribution in [0.4, 0.5) is 11.6 Å². The topological polar surface area (TPSA) is 75.3 Å². The molecule has 0 fully saturated rings. The molecular weight excluding hydrogens is 240 g/mol. The van der Waals surface area contributed by atoms with Crippen molar-refractivity contribution < 1.29 is 5.11 Å². The molecule has 0 aliphatic carbocycles. The number of aliphatic hydroxyl groups excluding tert-OH is 1. The number of hydrogen-bond acceptors (Lipinski definition) is 5. The fourth-order valence-electron chi connectivity index (χ4n) is 1.85. The van der Waals surface area contributed by atoms with Crippen LogP contribution in [0.25, 0.3) is 0 Å². The Balaban J connectivity index is 3.36. The summed E-state index contributed by atoms with van der Waals surface area (Å²) in [4.78, 5) is 11.1. The van der Waals surface area contributed by atoms with Crippen LogP contribution in [-0.2, 0) is 5.41 Å². The highest BCUT2D eigenvalue weighted by molar-refractivity contribution is 5.57. The van der Waals surface area contributed by atoms with Gasteiger partial charge in [-0.25, -0.2) is 9.97 Å². The van der Waals surface area contributed by atoms with Gasteiger partial charge in [0.2, 0.25) is 0 Å². The maximum Gasteiger partial charge on any atom is 0.138 e. The molecule has 108 valence electrons. The Bertz CT molecular complexity index is 438. The summed E-state index contributed by atoms with van der Waals surface area (Å²) in [6.45, 7) is 12.9. The van der Waals surface area contributed by atoms with E-state index in [1.807, 2.05) is 6.92 Å². The van der Waals surface area contributed by atoms with Crippen LogP contribution in [0.2, 0.25) is 0 Å². The van der Waals surface area contributed by atoms with Crippen molar-refractivity contribution in [2.24, 2.45) is 0 Å². The van der Waals surface area contributed by atoms with E-state index in [4.69, 9.17) is 5.73 Å². The number of aromatic nitrogens is 2. The van der Waals surface area contributed by atoms with E-state index in [9.17, 15) is 5.11 Å². The van der Waals surface area contributed by atoms with Crippen molar-refractivity contribution in [3.63, 3.8) is 0 Å². The highest BCUT2D eigenvalue weighted by Crippen LogP contribution is 2.27. The van der Waals surface area contributed by atoms with Gasteiger partial charge in [0.15, 0.2) is 0 Å². The van der Waals surface area contributed by atoms with E-state index >= 15 is 0 Å². The molecule has 1 heterocycles. The zero-order valence-electron chi connectivity index (χ0n) is 12.9. The van der Waals surface area contributed by atoms with Crippen molar-refractivity contribution in [3.05, 3.63) is 11.4 Å². The van der Waals surface area contributed by atoms with E-state index < -0.39 is 0 Å². The van der Waals surface area contributed by atoms with Crippen molar-refractivity contribution in [3.8, 4) is 0 Å². The standard InChI is InChI=1S/C14H26N4O/c1-9(2)18(7-8-19)12-10(3)11(15)16-13(17-12)14(4,5)6/h9,19H,7-8H2,1-6H3,(H2,15,16,17). The Morgan fingerprint density at radius 3 is 2.26 bits per heavy atom. The lowest BCUT2D eigenvalue weighted by Gasteiger charge is -2.30. The Hall–Kier alpha value is -1.36. The molecule has 5 nitrogen and oxygen atoms in total. The van der Waals surface area contributed by atoms with Crippen LogP contribution in [0, 0.1) is 6.92 Å². The molecule has 0 aromatic carbocycles. The van der Waals surface area contributed by atoms with Gasteiger partial charge in [0, 0.05) is 23.6 Å². The first kappa shape index (κ1) is 15.7. The van der Waals surface area contributed by atoms with Crippen LogP contribution < -0.4 is 10.6 Å². The van der Waals surface area contributed by atoms with Crippen LogP contribution in [0.15, 0.2) is 0 Å². The first-order chi connectivity index (χ1) is 8.68. The monoisotopic (exact) mass is 266 g/mol. The van der Waals surface area contributed by atoms with Crippen molar-refractivity contribution in [1.29, 1.82) is 0 Å². The molecule has 0 saturated heterocycles. The van der Waals surface area contributed by atoms with Crippen molar-refractivity contribution >= 4 is 11.6 Å². The number of nitrogens with zero attached hydrogens (tertiary/aromatic N) is 3. The third-order valence-corrected chi connectivity index (χ3v) is 3.06. The minimum atomic E-state index is -0.154. The lowest BCUT2D eigenvalue weighted by Crippen LogP contribution is -2.35. The molecule has 0 aliphatic rings. The normalized spacial score (nSPS) is 12.0. The molecule has 5 heteroatoms. The molecule has 0 bridgehead atoms. The Kier molecular flexibility index (Phi) is 4.74. The fourth-order valence-corrected chi connectivity index (χ4v) is 1.85. The number of nitrogens with two attached hydrogens (primary N) is 1. The van der Waals surface area contributed by atoms with Gasteiger partial charge in [-0.2, -0.15) is 0 Å². The largest absolute Gasteiger partial charge is 0.395 e. The third kappa shape index (κ3) is 3.56. The summed E-state index contributed by atoms with van der Waals surface area (Å²) in [5.74, 6) is 2.06. The number of rotatable bonds is 4. The summed E-state index contributed by atoms with van der Waals surface area (Å²) in [5, 5.41) is 9.22. The zero-order valence-corrected chi connectivity index (χ0v) is 12.9. The Morgan fingerprint density at radius 2 is 1.84 bits per heavy atom. The van der Waals surface area contributed by atoms with Crippen LogP contribution in [0.1, 0.15) is 46.0 Å². The molecule has 1 aromatic heterocycles. The molecule has 0 atom stereocenters. The summed E-state index contributed by atoms with van der Waals surface area (Å²) in [7, 11) is 0. The minimum absolute atomic E-state index is 0.0897. The predicted octanol–water partition coefficient (Wildman–Crippen LogP) is 1.87. The Morgan fingerprint density at radius 1 is 1.26 bits per heavy atom. The van der Waals surface area contributed by atoms with Crippen LogP contribution in [0.5, 0.6) is 0 Å². The molecule has 0 unspecified atom stereocenters. The first-order valence-corrected chi connectivity index (χ1v) is 6.70. The van der Waals surface area contributed by atoms with E-state index in [2.05, 4.69) is 49.5 Å². The van der Waals surface area contributed by atoms with Crippen molar-refractivity contribution in [2.75, 3.05) is 23.8 Å². The molecule has 0 saturated carbocycles. The highest BCUT2D eigenvalue weighted by atomic mass is 16.3. The highest BCUT2D eigenvalue weighted by Gasteiger charge is 2.23. The van der Waals surface area contributed by atoms with Crippen molar-refractivity contribution in [2.45, 2.75) is 53.0 Å². The maximum atomic E-state index is 9.22. The van der Waals surface area contributed by atoms with Gasteiger partial charge in [-0.1, -0.05) is 20.8 Å². The van der Waals surface area contributed by atoms with E-state index in [0.29, 0.717) is 12.4 Å². The summed E-state index contributed by atoms with van der Waals surface area (Å²) < 4.78 is 0. The predicted molar refractivity (Wildman–Crippen MR) is 79.4 cm³/mol. The summed E-state index contributed by atoms with van der Waals surface area (Å²) >= 11 is 0. The van der Waals surface area contributed by atoms with Gasteiger partial charge in [0.1, 0.15) is 17.5 Å². The summed E-state index contributed by atoms with van der Waals surface area (Å²) in [6.07, 6.45) is 0. The van der Waals surface area contributed by atoms with E-state index in [1.54, 1.807) is 0 Å². The molecule has 1 aromatic rings. The maximum absolute atomic E-state index is 9.22. The van der Waals surface area contributed by atoms with Crippen molar-refractivity contribution in [1.82, 2.24) is 9.97 Å². The average molecular weight is 266 g/mol. The van der Waals surface area contributed by atoms with E-state index in [1.165, 1.54) is 0 Å². The van der Waals surface area contributed by atoms with Crippen LogP contribution in [0.3, 0.4) is 0 Å². The first-order valence-electron chi connectivity index (χ1n) is 6.70. The second-order valence-electron chi connectivity index (χ2n) is 6.14.